The number of halogens is 1. The average Bonchev–Trinajstić information content (AvgIpc) is 3.04. The van der Waals surface area contributed by atoms with E-state index in [0.29, 0.717) is 17.2 Å². The van der Waals surface area contributed by atoms with Crippen LogP contribution >= 0.6 is 15.9 Å². The van der Waals surface area contributed by atoms with Crippen molar-refractivity contribution in [2.45, 2.75) is 25.7 Å². The van der Waals surface area contributed by atoms with E-state index in [9.17, 15) is 13.2 Å². The van der Waals surface area contributed by atoms with Gasteiger partial charge in [0.05, 0.1) is 21.3 Å². The molecule has 0 unspecified atom stereocenters. The van der Waals surface area contributed by atoms with E-state index in [1.165, 1.54) is 18.3 Å². The van der Waals surface area contributed by atoms with Gasteiger partial charge in [0.25, 0.3) is 15.9 Å². The van der Waals surface area contributed by atoms with Gasteiger partial charge in [0.1, 0.15) is 18.1 Å². The van der Waals surface area contributed by atoms with Gasteiger partial charge in [-0.15, -0.1) is 0 Å². The number of carbonyl (C=O) groups excluding carboxylic acids is 1. The number of rotatable bonds is 7. The van der Waals surface area contributed by atoms with Gasteiger partial charge in [-0.05, 0) is 61.0 Å². The molecule has 1 N–H and O–H groups in total. The summed E-state index contributed by atoms with van der Waals surface area (Å²) in [6.07, 6.45) is 1.35. The maximum absolute atomic E-state index is 13.3. The number of nitrogens with zero attached hydrogens (tertiary/aromatic N) is 2. The molecule has 3 aromatic rings. The van der Waals surface area contributed by atoms with E-state index in [0.717, 1.165) is 19.9 Å². The number of aryl methyl sites for hydroxylation is 3. The summed E-state index contributed by atoms with van der Waals surface area (Å²) in [5.74, 6) is 0.546. The van der Waals surface area contributed by atoms with Crippen LogP contribution in [-0.2, 0) is 14.8 Å². The van der Waals surface area contributed by atoms with Crippen LogP contribution in [0.5, 0.6) is 0 Å². The molecule has 0 bridgehead atoms. The highest BCUT2D eigenvalue weighted by Crippen LogP contribution is 2.24. The van der Waals surface area contributed by atoms with E-state index in [-0.39, 0.29) is 4.90 Å². The smallest absolute Gasteiger partial charge is 0.264 e. The van der Waals surface area contributed by atoms with Gasteiger partial charge < -0.3 is 4.42 Å². The number of hydrogen-bond donors (Lipinski definition) is 1. The van der Waals surface area contributed by atoms with Crippen LogP contribution in [0.15, 0.2) is 73.5 Å². The Hall–Kier alpha value is -2.91. The van der Waals surface area contributed by atoms with Crippen molar-refractivity contribution in [1.29, 1.82) is 0 Å². The Morgan fingerprint density at radius 1 is 1.06 bits per heavy atom. The van der Waals surface area contributed by atoms with Gasteiger partial charge in [0.2, 0.25) is 0 Å². The number of hydrazone groups is 1. The number of anilines is 1. The maximum Gasteiger partial charge on any atom is 0.264 e. The highest BCUT2D eigenvalue weighted by molar-refractivity contribution is 9.10. The molecule has 0 fully saturated rings. The van der Waals surface area contributed by atoms with Gasteiger partial charge in [-0.1, -0.05) is 35.4 Å². The molecular formula is C22H22BrN3O4S. The summed E-state index contributed by atoms with van der Waals surface area (Å²) in [5, 5.41) is 3.86. The first-order valence-electron chi connectivity index (χ1n) is 9.41. The van der Waals surface area contributed by atoms with Crippen molar-refractivity contribution in [2.75, 3.05) is 10.8 Å². The molecule has 31 heavy (non-hydrogen) atoms. The zero-order valence-corrected chi connectivity index (χ0v) is 19.7. The van der Waals surface area contributed by atoms with Crippen LogP contribution in [0.4, 0.5) is 5.69 Å². The Bertz CT molecular complexity index is 1180. The summed E-state index contributed by atoms with van der Waals surface area (Å²) < 4.78 is 33.9. The molecule has 0 saturated carbocycles. The lowest BCUT2D eigenvalue weighted by Crippen LogP contribution is -2.39. The number of furan rings is 1. The van der Waals surface area contributed by atoms with E-state index >= 15 is 0 Å². The molecule has 0 aliphatic heterocycles. The summed E-state index contributed by atoms with van der Waals surface area (Å²) >= 11 is 3.33. The molecule has 3 rings (SSSR count). The zero-order valence-electron chi connectivity index (χ0n) is 17.3. The molecule has 0 saturated heterocycles. The van der Waals surface area contributed by atoms with Crippen molar-refractivity contribution in [3.8, 4) is 0 Å². The summed E-state index contributed by atoms with van der Waals surface area (Å²) in [7, 11) is -3.96. The van der Waals surface area contributed by atoms with Crippen LogP contribution in [-0.4, -0.2) is 27.1 Å². The first-order chi connectivity index (χ1) is 14.7. The van der Waals surface area contributed by atoms with Crippen molar-refractivity contribution in [3.63, 3.8) is 0 Å². The minimum Gasteiger partial charge on any atom is -0.459 e. The highest BCUT2D eigenvalue weighted by atomic mass is 79.9. The van der Waals surface area contributed by atoms with Gasteiger partial charge in [-0.2, -0.15) is 5.10 Å². The fourth-order valence-corrected chi connectivity index (χ4v) is 4.47. The fraction of sp³-hybridized carbons (Fsp3) is 0.182. The van der Waals surface area contributed by atoms with Crippen molar-refractivity contribution < 1.29 is 17.6 Å². The lowest BCUT2D eigenvalue weighted by Gasteiger charge is -2.24. The molecule has 0 aliphatic carbocycles. The number of sulfonamides is 1. The second-order valence-corrected chi connectivity index (χ2v) is 9.72. The normalized spacial score (nSPS) is 11.6. The largest absolute Gasteiger partial charge is 0.459 e. The molecule has 162 valence electrons. The maximum atomic E-state index is 13.3. The summed E-state index contributed by atoms with van der Waals surface area (Å²) in [4.78, 5) is 12.6. The van der Waals surface area contributed by atoms with Crippen molar-refractivity contribution in [1.82, 2.24) is 5.43 Å². The molecule has 1 aromatic heterocycles. The quantitative estimate of drug-likeness (QED) is 0.384. The van der Waals surface area contributed by atoms with Gasteiger partial charge >= 0.3 is 0 Å². The van der Waals surface area contributed by atoms with Crippen LogP contribution < -0.4 is 9.73 Å². The van der Waals surface area contributed by atoms with Crippen LogP contribution in [0, 0.1) is 20.8 Å². The van der Waals surface area contributed by atoms with E-state index in [1.54, 1.807) is 49.4 Å². The molecule has 1 heterocycles. The van der Waals surface area contributed by atoms with Gasteiger partial charge in [0, 0.05) is 6.07 Å². The van der Waals surface area contributed by atoms with Crippen molar-refractivity contribution in [3.05, 3.63) is 81.7 Å². The number of nitrogens with one attached hydrogen (secondary N) is 1. The number of benzene rings is 2. The third-order valence-electron chi connectivity index (χ3n) is 4.48. The lowest BCUT2D eigenvalue weighted by atomic mass is 10.2. The first-order valence-corrected chi connectivity index (χ1v) is 11.6. The number of carbonyl (C=O) groups is 1. The van der Waals surface area contributed by atoms with E-state index < -0.39 is 22.5 Å². The van der Waals surface area contributed by atoms with Gasteiger partial charge in [-0.25, -0.2) is 13.8 Å². The molecule has 0 atom stereocenters. The zero-order chi connectivity index (χ0) is 22.6. The van der Waals surface area contributed by atoms with E-state index in [4.69, 9.17) is 4.42 Å². The Balaban J connectivity index is 1.83. The highest BCUT2D eigenvalue weighted by Gasteiger charge is 2.27. The lowest BCUT2D eigenvalue weighted by molar-refractivity contribution is -0.119. The van der Waals surface area contributed by atoms with E-state index in [1.807, 2.05) is 13.8 Å². The van der Waals surface area contributed by atoms with Crippen molar-refractivity contribution >= 4 is 43.8 Å². The monoisotopic (exact) mass is 503 g/mol. The molecular weight excluding hydrogens is 482 g/mol. The number of amides is 1. The SMILES string of the molecule is Cc1ccc(N(CC(=O)N/N=C\c2cc(Br)c(C)o2)S(=O)(=O)c2ccc(C)cc2)cc1. The minimum atomic E-state index is -3.96. The molecule has 1 amide bonds. The van der Waals surface area contributed by atoms with Crippen LogP contribution in [0.3, 0.4) is 0 Å². The van der Waals surface area contributed by atoms with Crippen LogP contribution in [0.1, 0.15) is 22.6 Å². The van der Waals surface area contributed by atoms with Crippen LogP contribution in [0.2, 0.25) is 0 Å². The molecule has 0 aliphatic rings. The molecule has 0 radical (unpaired) electrons. The van der Waals surface area contributed by atoms with Gasteiger partial charge in [0.15, 0.2) is 0 Å². The third-order valence-corrected chi connectivity index (χ3v) is 7.05. The third kappa shape index (κ3) is 5.62. The predicted molar refractivity (Wildman–Crippen MR) is 124 cm³/mol. The summed E-state index contributed by atoms with van der Waals surface area (Å²) in [6, 6.07) is 15.1. The molecule has 2 aromatic carbocycles. The summed E-state index contributed by atoms with van der Waals surface area (Å²) in [6.45, 7) is 5.13. The Kier molecular flexibility index (Phi) is 6.97. The molecule has 0 spiro atoms. The minimum absolute atomic E-state index is 0.103. The molecule has 7 nitrogen and oxygen atoms in total. The standard InChI is InChI=1S/C22H22BrN3O4S/c1-15-4-8-18(9-5-15)26(31(28,29)20-10-6-16(2)7-11-20)14-22(27)25-24-13-19-12-21(23)17(3)30-19/h4-13H,14H2,1-3H3,(H,25,27)/b24-13-. The van der Waals surface area contributed by atoms with Crippen molar-refractivity contribution in [2.24, 2.45) is 5.10 Å². The first kappa shape index (κ1) is 22.8. The second-order valence-electron chi connectivity index (χ2n) is 7.01. The van der Waals surface area contributed by atoms with Gasteiger partial charge in [-0.3, -0.25) is 9.10 Å². The Morgan fingerprint density at radius 2 is 1.65 bits per heavy atom. The Morgan fingerprint density at radius 3 is 2.19 bits per heavy atom. The van der Waals surface area contributed by atoms with E-state index in [2.05, 4.69) is 26.5 Å². The fourth-order valence-electron chi connectivity index (χ4n) is 2.74. The topological polar surface area (TPSA) is 92.0 Å². The Labute approximate surface area is 189 Å². The van der Waals surface area contributed by atoms with Crippen LogP contribution in [0.25, 0.3) is 0 Å². The second kappa shape index (κ2) is 9.49. The summed E-state index contributed by atoms with van der Waals surface area (Å²) in [5.41, 5.74) is 4.65. The average molecular weight is 504 g/mol. The number of hydrogen-bond acceptors (Lipinski definition) is 5. The predicted octanol–water partition coefficient (Wildman–Crippen LogP) is 4.31. The molecule has 9 heteroatoms.